The highest BCUT2D eigenvalue weighted by atomic mass is 16.6. The van der Waals surface area contributed by atoms with Crippen LogP contribution in [-0.4, -0.2) is 37.2 Å². The van der Waals surface area contributed by atoms with Crippen molar-refractivity contribution in [1.29, 1.82) is 0 Å². The quantitative estimate of drug-likeness (QED) is 0.0262. The summed E-state index contributed by atoms with van der Waals surface area (Å²) in [5.41, 5.74) is 0. The smallest absolute Gasteiger partial charge is 0.306 e. The van der Waals surface area contributed by atoms with Crippen molar-refractivity contribution in [2.45, 2.75) is 284 Å². The molecule has 0 bridgehead atoms. The molecule has 0 heterocycles. The number of unbranched alkanes of at least 4 members (excludes halogenated alkanes) is 27. The molecular formula is C63H108O6. The average molecular weight is 962 g/mol. The van der Waals surface area contributed by atoms with Crippen LogP contribution in [0.15, 0.2) is 85.1 Å². The van der Waals surface area contributed by atoms with Gasteiger partial charge in [-0.05, 0) is 116 Å². The summed E-state index contributed by atoms with van der Waals surface area (Å²) in [6.45, 7) is 6.55. The van der Waals surface area contributed by atoms with Crippen LogP contribution in [0.3, 0.4) is 0 Å². The zero-order valence-electron chi connectivity index (χ0n) is 45.3. The maximum Gasteiger partial charge on any atom is 0.306 e. The molecule has 396 valence electrons. The first-order valence-corrected chi connectivity index (χ1v) is 29.1. The molecule has 0 fully saturated rings. The number of carbonyl (C=O) groups is 3. The highest BCUT2D eigenvalue weighted by Gasteiger charge is 2.19. The average Bonchev–Trinajstić information content (AvgIpc) is 3.35. The van der Waals surface area contributed by atoms with Crippen molar-refractivity contribution in [3.63, 3.8) is 0 Å². The lowest BCUT2D eigenvalue weighted by molar-refractivity contribution is -0.167. The van der Waals surface area contributed by atoms with Gasteiger partial charge in [-0.25, -0.2) is 0 Å². The van der Waals surface area contributed by atoms with Gasteiger partial charge in [0.1, 0.15) is 13.2 Å². The molecule has 0 spiro atoms. The minimum absolute atomic E-state index is 0.0939. The van der Waals surface area contributed by atoms with Crippen molar-refractivity contribution in [1.82, 2.24) is 0 Å². The Morgan fingerprint density at radius 1 is 0.290 bits per heavy atom. The van der Waals surface area contributed by atoms with Crippen molar-refractivity contribution in [3.05, 3.63) is 85.1 Å². The molecule has 0 aliphatic heterocycles. The third-order valence-corrected chi connectivity index (χ3v) is 12.3. The van der Waals surface area contributed by atoms with Gasteiger partial charge in [-0.15, -0.1) is 0 Å². The molecule has 6 nitrogen and oxygen atoms in total. The molecule has 6 heteroatoms. The van der Waals surface area contributed by atoms with E-state index in [-0.39, 0.29) is 31.1 Å². The second kappa shape index (κ2) is 57.2. The van der Waals surface area contributed by atoms with Gasteiger partial charge >= 0.3 is 17.9 Å². The predicted octanol–water partition coefficient (Wildman–Crippen LogP) is 19.5. The van der Waals surface area contributed by atoms with E-state index in [9.17, 15) is 14.4 Å². The Morgan fingerprint density at radius 2 is 0.536 bits per heavy atom. The van der Waals surface area contributed by atoms with Crippen molar-refractivity contribution in [2.24, 2.45) is 0 Å². The lowest BCUT2D eigenvalue weighted by atomic mass is 10.1. The molecule has 1 atom stereocenters. The number of esters is 3. The monoisotopic (exact) mass is 961 g/mol. The van der Waals surface area contributed by atoms with E-state index in [0.29, 0.717) is 19.3 Å². The van der Waals surface area contributed by atoms with Gasteiger partial charge in [0, 0.05) is 19.3 Å². The number of hydrogen-bond acceptors (Lipinski definition) is 6. The summed E-state index contributed by atoms with van der Waals surface area (Å²) in [4.78, 5) is 38.2. The Balaban J connectivity index is 4.43. The van der Waals surface area contributed by atoms with Crippen molar-refractivity contribution in [3.8, 4) is 0 Å². The molecule has 0 saturated heterocycles. The zero-order chi connectivity index (χ0) is 50.0. The van der Waals surface area contributed by atoms with E-state index < -0.39 is 6.10 Å². The minimum atomic E-state index is -0.796. The number of ether oxygens (including phenoxy) is 3. The fraction of sp³-hybridized carbons (Fsp3) is 0.730. The normalized spacial score (nSPS) is 12.7. The van der Waals surface area contributed by atoms with Crippen molar-refractivity contribution >= 4 is 17.9 Å². The molecule has 1 unspecified atom stereocenters. The summed E-state index contributed by atoms with van der Waals surface area (Å²) in [5.74, 6) is -0.928. The molecule has 0 radical (unpaired) electrons. The minimum Gasteiger partial charge on any atom is -0.462 e. The van der Waals surface area contributed by atoms with Crippen LogP contribution in [0.2, 0.25) is 0 Å². The first-order chi connectivity index (χ1) is 34.0. The fourth-order valence-electron chi connectivity index (χ4n) is 7.91. The summed E-state index contributed by atoms with van der Waals surface area (Å²) in [6.07, 6.45) is 74.2. The van der Waals surface area contributed by atoms with Gasteiger partial charge in [-0.1, -0.05) is 228 Å². The second-order valence-corrected chi connectivity index (χ2v) is 19.2. The molecule has 0 aromatic rings. The molecule has 0 aliphatic rings. The number of carbonyl (C=O) groups excluding carboxylic acids is 3. The summed E-state index contributed by atoms with van der Waals surface area (Å²) in [5, 5.41) is 0. The number of rotatable bonds is 52. The molecule has 0 aliphatic carbocycles. The van der Waals surface area contributed by atoms with Gasteiger partial charge in [0.25, 0.3) is 0 Å². The third kappa shape index (κ3) is 55.4. The molecule has 0 aromatic carbocycles. The standard InChI is InChI=1S/C63H108O6/c1-4-7-10-13-16-19-22-25-28-30-31-32-33-34-36-38-41-44-47-50-53-56-62(65)68-59-60(58-67-61(64)55-52-49-46-43-40-37-27-24-21-18-15-12-9-6-3)69-63(66)57-54-51-48-45-42-39-35-29-26-23-20-17-14-11-8-5-2/h15,18,20,22-25,27,29-31,33-35,60H,4-14,16-17,19,21,26,28,32,36-59H2,1-3H3/b18-15-,23-20-,25-22-,27-24-,31-30-,34-33-,35-29-. The molecule has 0 rings (SSSR count). The van der Waals surface area contributed by atoms with E-state index in [1.54, 1.807) is 0 Å². The van der Waals surface area contributed by atoms with E-state index in [4.69, 9.17) is 14.2 Å². The van der Waals surface area contributed by atoms with Crippen LogP contribution >= 0.6 is 0 Å². The Morgan fingerprint density at radius 3 is 0.870 bits per heavy atom. The van der Waals surface area contributed by atoms with E-state index >= 15 is 0 Å². The molecule has 0 amide bonds. The highest BCUT2D eigenvalue weighted by Crippen LogP contribution is 2.14. The van der Waals surface area contributed by atoms with Crippen molar-refractivity contribution in [2.75, 3.05) is 13.2 Å². The predicted molar refractivity (Wildman–Crippen MR) is 297 cm³/mol. The zero-order valence-corrected chi connectivity index (χ0v) is 45.3. The molecule has 0 saturated carbocycles. The SMILES string of the molecule is CCCC/C=C\C/C=C\CCCCCCCC(=O)OCC(COC(=O)CCCCCCCC/C=C\C/C=C\C/C=C\CCCCCCC)OC(=O)CCCCCCC/C=C\C/C=C\CCCCCC. The van der Waals surface area contributed by atoms with Gasteiger partial charge in [-0.3, -0.25) is 14.4 Å². The van der Waals surface area contributed by atoms with Crippen LogP contribution < -0.4 is 0 Å². The van der Waals surface area contributed by atoms with Crippen LogP contribution in [0.4, 0.5) is 0 Å². The van der Waals surface area contributed by atoms with Gasteiger partial charge in [0.2, 0.25) is 0 Å². The first-order valence-electron chi connectivity index (χ1n) is 29.1. The van der Waals surface area contributed by atoms with E-state index in [0.717, 1.165) is 128 Å². The largest absolute Gasteiger partial charge is 0.462 e. The van der Waals surface area contributed by atoms with E-state index in [1.165, 1.54) is 109 Å². The topological polar surface area (TPSA) is 78.9 Å². The maximum atomic E-state index is 12.8. The van der Waals surface area contributed by atoms with Gasteiger partial charge < -0.3 is 14.2 Å². The first kappa shape index (κ1) is 65.6. The van der Waals surface area contributed by atoms with Crippen LogP contribution in [0, 0.1) is 0 Å². The summed E-state index contributed by atoms with van der Waals surface area (Å²) in [6, 6.07) is 0. The van der Waals surface area contributed by atoms with Gasteiger partial charge in [0.15, 0.2) is 6.10 Å². The maximum absolute atomic E-state index is 12.8. The molecular weight excluding hydrogens is 853 g/mol. The van der Waals surface area contributed by atoms with Gasteiger partial charge in [-0.2, -0.15) is 0 Å². The Bertz CT molecular complexity index is 1330. The fourth-order valence-corrected chi connectivity index (χ4v) is 7.91. The Hall–Kier alpha value is -3.41. The van der Waals surface area contributed by atoms with E-state index in [2.05, 4.69) is 106 Å². The second-order valence-electron chi connectivity index (χ2n) is 19.2. The molecule has 69 heavy (non-hydrogen) atoms. The lowest BCUT2D eigenvalue weighted by Crippen LogP contribution is -2.30. The summed E-state index contributed by atoms with van der Waals surface area (Å²) < 4.78 is 16.8. The summed E-state index contributed by atoms with van der Waals surface area (Å²) in [7, 11) is 0. The lowest BCUT2D eigenvalue weighted by Gasteiger charge is -2.18. The molecule has 0 N–H and O–H groups in total. The van der Waals surface area contributed by atoms with E-state index in [1.807, 2.05) is 0 Å². The Labute approximate surface area is 426 Å². The number of allylic oxidation sites excluding steroid dienone is 14. The third-order valence-electron chi connectivity index (χ3n) is 12.3. The van der Waals surface area contributed by atoms with Crippen molar-refractivity contribution < 1.29 is 28.6 Å². The number of hydrogen-bond donors (Lipinski definition) is 0. The van der Waals surface area contributed by atoms with Crippen LogP contribution in [0.25, 0.3) is 0 Å². The van der Waals surface area contributed by atoms with Crippen LogP contribution in [-0.2, 0) is 28.6 Å². The summed E-state index contributed by atoms with van der Waals surface area (Å²) >= 11 is 0. The van der Waals surface area contributed by atoms with Crippen LogP contribution in [0.5, 0.6) is 0 Å². The molecule has 0 aromatic heterocycles. The highest BCUT2D eigenvalue weighted by molar-refractivity contribution is 5.71. The van der Waals surface area contributed by atoms with Crippen LogP contribution in [0.1, 0.15) is 278 Å². The Kier molecular flexibility index (Phi) is 54.3. The van der Waals surface area contributed by atoms with Gasteiger partial charge in [0.05, 0.1) is 0 Å².